The first-order chi connectivity index (χ1) is 9.08. The first kappa shape index (κ1) is 14.5. The number of hydrogen-bond acceptors (Lipinski definition) is 2. The molecule has 1 fully saturated rings. The van der Waals surface area contributed by atoms with Crippen molar-refractivity contribution in [1.82, 2.24) is 4.90 Å². The summed E-state index contributed by atoms with van der Waals surface area (Å²) in [5, 5.41) is 0. The fraction of sp³-hybridized carbons (Fsp3) is 0.533. The first-order valence-corrected chi connectivity index (χ1v) is 7.46. The van der Waals surface area contributed by atoms with Gasteiger partial charge in [-0.15, -0.1) is 0 Å². The van der Waals surface area contributed by atoms with Crippen LogP contribution in [0.3, 0.4) is 0 Å². The molecule has 0 bridgehead atoms. The zero-order chi connectivity index (χ0) is 13.8. The topological polar surface area (TPSA) is 29.5 Å². The second-order valence-corrected chi connectivity index (χ2v) is 6.14. The van der Waals surface area contributed by atoms with Gasteiger partial charge in [-0.2, -0.15) is 0 Å². The van der Waals surface area contributed by atoms with Crippen molar-refractivity contribution in [1.29, 1.82) is 0 Å². The van der Waals surface area contributed by atoms with Crippen LogP contribution >= 0.6 is 15.9 Å². The van der Waals surface area contributed by atoms with E-state index in [0.717, 1.165) is 48.2 Å². The van der Waals surface area contributed by atoms with E-state index in [1.165, 1.54) is 0 Å². The average Bonchev–Trinajstić information content (AvgIpc) is 2.42. The molecule has 4 heteroatoms. The molecule has 1 amide bonds. The molecule has 1 heterocycles. The molecule has 1 saturated heterocycles. The molecule has 0 radical (unpaired) electrons. The summed E-state index contributed by atoms with van der Waals surface area (Å²) in [5.74, 6) is 0.555. The van der Waals surface area contributed by atoms with Crippen LogP contribution in [0.4, 0.5) is 0 Å². The van der Waals surface area contributed by atoms with E-state index in [2.05, 4.69) is 15.9 Å². The van der Waals surface area contributed by atoms with Gasteiger partial charge in [0.2, 0.25) is 0 Å². The highest BCUT2D eigenvalue weighted by Crippen LogP contribution is 2.19. The minimum absolute atomic E-state index is 0.0874. The lowest BCUT2D eigenvalue weighted by Gasteiger charge is -2.27. The van der Waals surface area contributed by atoms with Crippen molar-refractivity contribution in [2.75, 3.05) is 26.8 Å². The summed E-state index contributed by atoms with van der Waals surface area (Å²) in [5.41, 5.74) is 1.79. The third-order valence-electron chi connectivity index (χ3n) is 3.56. The number of carbonyl (C=O) groups is 1. The Morgan fingerprint density at radius 2 is 2.32 bits per heavy atom. The van der Waals surface area contributed by atoms with Crippen LogP contribution in [0.15, 0.2) is 22.7 Å². The first-order valence-electron chi connectivity index (χ1n) is 6.67. The molecule has 104 valence electrons. The quantitative estimate of drug-likeness (QED) is 0.853. The standard InChI is InChI=1S/C15H20BrNO2/c1-11-5-6-13(16)8-14(11)15(18)17(2)9-12-4-3-7-19-10-12/h5-6,8,12H,3-4,7,9-10H2,1-2H3. The van der Waals surface area contributed by atoms with Crippen molar-refractivity contribution in [3.05, 3.63) is 33.8 Å². The normalized spacial score (nSPS) is 19.2. The van der Waals surface area contributed by atoms with Crippen LogP contribution < -0.4 is 0 Å². The summed E-state index contributed by atoms with van der Waals surface area (Å²) in [4.78, 5) is 14.3. The number of nitrogens with zero attached hydrogens (tertiary/aromatic N) is 1. The van der Waals surface area contributed by atoms with Crippen molar-refractivity contribution in [3.8, 4) is 0 Å². The third-order valence-corrected chi connectivity index (χ3v) is 4.06. The smallest absolute Gasteiger partial charge is 0.253 e. The molecule has 0 saturated carbocycles. The van der Waals surface area contributed by atoms with Gasteiger partial charge < -0.3 is 9.64 Å². The van der Waals surface area contributed by atoms with E-state index in [-0.39, 0.29) is 5.91 Å². The Bertz CT molecular complexity index is 455. The van der Waals surface area contributed by atoms with E-state index in [1.807, 2.05) is 37.1 Å². The zero-order valence-corrected chi connectivity index (χ0v) is 13.1. The molecule has 0 spiro atoms. The van der Waals surface area contributed by atoms with E-state index < -0.39 is 0 Å². The maximum absolute atomic E-state index is 12.5. The molecule has 19 heavy (non-hydrogen) atoms. The molecule has 0 aliphatic carbocycles. The summed E-state index contributed by atoms with van der Waals surface area (Å²) >= 11 is 3.42. The van der Waals surface area contributed by atoms with E-state index in [0.29, 0.717) is 5.92 Å². The summed E-state index contributed by atoms with van der Waals surface area (Å²) < 4.78 is 6.41. The number of amides is 1. The van der Waals surface area contributed by atoms with Crippen LogP contribution in [0.1, 0.15) is 28.8 Å². The van der Waals surface area contributed by atoms with Crippen LogP contribution in [0.25, 0.3) is 0 Å². The lowest BCUT2D eigenvalue weighted by Crippen LogP contribution is -2.35. The molecule has 0 N–H and O–H groups in total. The number of rotatable bonds is 3. The van der Waals surface area contributed by atoms with Crippen LogP contribution in [0.5, 0.6) is 0 Å². The fourth-order valence-corrected chi connectivity index (χ4v) is 2.81. The summed E-state index contributed by atoms with van der Waals surface area (Å²) in [6.07, 6.45) is 2.25. The van der Waals surface area contributed by atoms with E-state index in [4.69, 9.17) is 4.74 Å². The number of benzene rings is 1. The molecule has 2 rings (SSSR count). The van der Waals surface area contributed by atoms with Crippen molar-refractivity contribution in [3.63, 3.8) is 0 Å². The van der Waals surface area contributed by atoms with Gasteiger partial charge in [-0.25, -0.2) is 0 Å². The van der Waals surface area contributed by atoms with Gasteiger partial charge in [0.15, 0.2) is 0 Å². The van der Waals surface area contributed by atoms with Crippen molar-refractivity contribution in [2.45, 2.75) is 19.8 Å². The second kappa shape index (κ2) is 6.53. The minimum atomic E-state index is 0.0874. The van der Waals surface area contributed by atoms with Gasteiger partial charge in [0.05, 0.1) is 6.61 Å². The van der Waals surface area contributed by atoms with Crippen LogP contribution in [0.2, 0.25) is 0 Å². The molecule has 1 aliphatic rings. The Morgan fingerprint density at radius 3 is 3.00 bits per heavy atom. The molecule has 1 aliphatic heterocycles. The van der Waals surface area contributed by atoms with Gasteiger partial charge in [-0.3, -0.25) is 4.79 Å². The van der Waals surface area contributed by atoms with E-state index >= 15 is 0 Å². The van der Waals surface area contributed by atoms with Crippen molar-refractivity contribution < 1.29 is 9.53 Å². The Morgan fingerprint density at radius 1 is 1.53 bits per heavy atom. The number of aryl methyl sites for hydroxylation is 1. The largest absolute Gasteiger partial charge is 0.381 e. The Kier molecular flexibility index (Phi) is 4.99. The monoisotopic (exact) mass is 325 g/mol. The maximum atomic E-state index is 12.5. The third kappa shape index (κ3) is 3.80. The Labute approximate surface area is 123 Å². The summed E-state index contributed by atoms with van der Waals surface area (Å²) in [6.45, 7) is 4.37. The predicted octanol–water partition coefficient (Wildman–Crippen LogP) is 3.26. The minimum Gasteiger partial charge on any atom is -0.381 e. The highest BCUT2D eigenvalue weighted by molar-refractivity contribution is 9.10. The molecule has 3 nitrogen and oxygen atoms in total. The fourth-order valence-electron chi connectivity index (χ4n) is 2.45. The lowest BCUT2D eigenvalue weighted by atomic mass is 10.0. The van der Waals surface area contributed by atoms with Gasteiger partial charge in [0, 0.05) is 30.2 Å². The highest BCUT2D eigenvalue weighted by atomic mass is 79.9. The maximum Gasteiger partial charge on any atom is 0.253 e. The Hall–Kier alpha value is -0.870. The summed E-state index contributed by atoms with van der Waals surface area (Å²) in [6, 6.07) is 5.82. The van der Waals surface area contributed by atoms with Crippen LogP contribution in [0, 0.1) is 12.8 Å². The molecule has 0 aromatic heterocycles. The van der Waals surface area contributed by atoms with E-state index in [9.17, 15) is 4.79 Å². The average molecular weight is 326 g/mol. The number of ether oxygens (including phenoxy) is 1. The van der Waals surface area contributed by atoms with Gasteiger partial charge in [0.25, 0.3) is 5.91 Å². The molecule has 1 unspecified atom stereocenters. The SMILES string of the molecule is Cc1ccc(Br)cc1C(=O)N(C)CC1CCCOC1. The molecule has 1 aromatic rings. The van der Waals surface area contributed by atoms with Gasteiger partial charge in [-0.1, -0.05) is 22.0 Å². The van der Waals surface area contributed by atoms with Crippen molar-refractivity contribution >= 4 is 21.8 Å². The zero-order valence-electron chi connectivity index (χ0n) is 11.5. The van der Waals surface area contributed by atoms with Gasteiger partial charge in [0.1, 0.15) is 0 Å². The number of halogens is 1. The van der Waals surface area contributed by atoms with Gasteiger partial charge >= 0.3 is 0 Å². The van der Waals surface area contributed by atoms with Crippen LogP contribution in [-0.4, -0.2) is 37.6 Å². The molecule has 1 aromatic carbocycles. The summed E-state index contributed by atoms with van der Waals surface area (Å²) in [7, 11) is 1.87. The number of hydrogen-bond donors (Lipinski definition) is 0. The van der Waals surface area contributed by atoms with Crippen molar-refractivity contribution in [2.24, 2.45) is 5.92 Å². The number of carbonyl (C=O) groups excluding carboxylic acids is 1. The van der Waals surface area contributed by atoms with E-state index in [1.54, 1.807) is 0 Å². The molecular formula is C15H20BrNO2. The Balaban J connectivity index is 2.03. The van der Waals surface area contributed by atoms with Gasteiger partial charge in [-0.05, 0) is 43.4 Å². The highest BCUT2D eigenvalue weighted by Gasteiger charge is 2.20. The molecule has 1 atom stereocenters. The van der Waals surface area contributed by atoms with Crippen LogP contribution in [-0.2, 0) is 4.74 Å². The predicted molar refractivity (Wildman–Crippen MR) is 79.4 cm³/mol. The lowest BCUT2D eigenvalue weighted by molar-refractivity contribution is 0.0388. The molecular weight excluding hydrogens is 306 g/mol. The second-order valence-electron chi connectivity index (χ2n) is 5.23.